The molecule has 7 nitrogen and oxygen atoms in total. The van der Waals surface area contributed by atoms with Gasteiger partial charge in [-0.2, -0.15) is 0 Å². The molecule has 1 atom stereocenters. The number of halogens is 4. The number of nitrogens with one attached hydrogen (secondary N) is 1. The Labute approximate surface area is 236 Å². The largest absolute Gasteiger partial charge is 0.497 e. The number of anilines is 1. The van der Waals surface area contributed by atoms with Gasteiger partial charge in [0.2, 0.25) is 5.91 Å². The normalized spacial score (nSPS) is 15.6. The van der Waals surface area contributed by atoms with Crippen LogP contribution in [0.4, 0.5) is 23.2 Å². The van der Waals surface area contributed by atoms with Gasteiger partial charge in [-0.1, -0.05) is 11.8 Å². The number of likely N-dealkylation sites (tertiary alicyclic amines) is 1. The monoisotopic (exact) mass is 572 g/mol. The first-order chi connectivity index (χ1) is 19.6. The molecule has 1 aliphatic rings. The lowest BCUT2D eigenvalue weighted by Gasteiger charge is -2.40. The van der Waals surface area contributed by atoms with Crippen molar-refractivity contribution in [2.45, 2.75) is 31.9 Å². The molecule has 2 N–H and O–H groups in total. The van der Waals surface area contributed by atoms with Crippen molar-refractivity contribution in [2.24, 2.45) is 5.41 Å². The standard InChI is InChI=1S/C30H32F4N4O3/c1-37(2)26-18-35-25-7-6-20(41-3)17-21(25)27(26)22(31)8-9-30(29(39)36-40)10-13-38(14-11-30)12-4-5-19-15-23(32)28(34)24(33)16-19/h6-7,15-18,22,40H,8-14H2,1-3H3,(H,36,39)/t22-/m1/s1. The molecule has 1 saturated heterocycles. The number of hydroxylamine groups is 1. The second kappa shape index (κ2) is 12.7. The molecule has 11 heteroatoms. The second-order valence-electron chi connectivity index (χ2n) is 10.4. The Morgan fingerprint density at radius 3 is 2.49 bits per heavy atom. The predicted molar refractivity (Wildman–Crippen MR) is 147 cm³/mol. The molecule has 218 valence electrons. The third-order valence-corrected chi connectivity index (χ3v) is 7.68. The quantitative estimate of drug-likeness (QED) is 0.128. The molecule has 1 aromatic heterocycles. The number of piperidine rings is 1. The highest BCUT2D eigenvalue weighted by atomic mass is 19.2. The summed E-state index contributed by atoms with van der Waals surface area (Å²) in [5.74, 6) is 1.29. The molecule has 4 rings (SSSR count). The lowest BCUT2D eigenvalue weighted by molar-refractivity contribution is -0.143. The van der Waals surface area contributed by atoms with Gasteiger partial charge in [0.05, 0.1) is 36.5 Å². The maximum Gasteiger partial charge on any atom is 0.249 e. The summed E-state index contributed by atoms with van der Waals surface area (Å²) in [6.45, 7) is 1.12. The number of benzene rings is 2. The van der Waals surface area contributed by atoms with Crippen molar-refractivity contribution in [3.05, 3.63) is 65.1 Å². The molecule has 0 spiro atoms. The third-order valence-electron chi connectivity index (χ3n) is 7.68. The zero-order chi connectivity index (χ0) is 29.7. The van der Waals surface area contributed by atoms with E-state index in [0.29, 0.717) is 53.8 Å². The smallest absolute Gasteiger partial charge is 0.249 e. The van der Waals surface area contributed by atoms with E-state index >= 15 is 4.39 Å². The van der Waals surface area contributed by atoms with Crippen LogP contribution in [0.2, 0.25) is 0 Å². The van der Waals surface area contributed by atoms with Gasteiger partial charge in [0.1, 0.15) is 11.9 Å². The molecule has 41 heavy (non-hydrogen) atoms. The second-order valence-corrected chi connectivity index (χ2v) is 10.4. The van der Waals surface area contributed by atoms with Gasteiger partial charge in [-0.05, 0) is 56.0 Å². The van der Waals surface area contributed by atoms with Crippen LogP contribution in [0.15, 0.2) is 36.5 Å². The molecule has 1 aliphatic heterocycles. The minimum atomic E-state index is -1.55. The number of methoxy groups -OCH3 is 1. The van der Waals surface area contributed by atoms with Gasteiger partial charge in [0, 0.05) is 43.7 Å². The van der Waals surface area contributed by atoms with E-state index in [0.717, 1.165) is 12.1 Å². The van der Waals surface area contributed by atoms with Gasteiger partial charge in [-0.25, -0.2) is 23.0 Å². The lowest BCUT2D eigenvalue weighted by atomic mass is 9.73. The number of hydrogen-bond acceptors (Lipinski definition) is 6. The summed E-state index contributed by atoms with van der Waals surface area (Å²) >= 11 is 0. The number of amides is 1. The van der Waals surface area contributed by atoms with E-state index < -0.39 is 34.9 Å². The van der Waals surface area contributed by atoms with E-state index in [2.05, 4.69) is 16.8 Å². The molecule has 1 amide bonds. The zero-order valence-corrected chi connectivity index (χ0v) is 23.1. The van der Waals surface area contributed by atoms with Crippen LogP contribution in [0.5, 0.6) is 5.75 Å². The number of carbonyl (C=O) groups is 1. The van der Waals surface area contributed by atoms with Gasteiger partial charge in [0.15, 0.2) is 17.5 Å². The van der Waals surface area contributed by atoms with Crippen LogP contribution < -0.4 is 15.1 Å². The first kappa shape index (κ1) is 30.1. The van der Waals surface area contributed by atoms with E-state index in [-0.39, 0.29) is 24.9 Å². The van der Waals surface area contributed by atoms with Crippen molar-refractivity contribution >= 4 is 22.5 Å². The number of fused-ring (bicyclic) bond motifs is 1. The Morgan fingerprint density at radius 1 is 1.20 bits per heavy atom. The molecule has 1 fully saturated rings. The van der Waals surface area contributed by atoms with Crippen molar-refractivity contribution in [1.82, 2.24) is 15.4 Å². The highest BCUT2D eigenvalue weighted by molar-refractivity contribution is 5.88. The van der Waals surface area contributed by atoms with Crippen molar-refractivity contribution in [1.29, 1.82) is 0 Å². The Hall–Kier alpha value is -3.88. The van der Waals surface area contributed by atoms with Gasteiger partial charge >= 0.3 is 0 Å². The molecular formula is C30H32F4N4O3. The summed E-state index contributed by atoms with van der Waals surface area (Å²) in [6, 6.07) is 6.94. The molecule has 2 aromatic carbocycles. The molecule has 0 radical (unpaired) electrons. The number of rotatable bonds is 8. The zero-order valence-electron chi connectivity index (χ0n) is 23.1. The number of carbonyl (C=O) groups excluding carboxylic acids is 1. The summed E-state index contributed by atoms with van der Waals surface area (Å²) in [5, 5.41) is 10.1. The highest BCUT2D eigenvalue weighted by Gasteiger charge is 2.41. The lowest BCUT2D eigenvalue weighted by Crippen LogP contribution is -2.48. The fourth-order valence-corrected chi connectivity index (χ4v) is 5.27. The molecule has 2 heterocycles. The third kappa shape index (κ3) is 6.55. The average molecular weight is 573 g/mol. The van der Waals surface area contributed by atoms with Crippen LogP contribution in [-0.2, 0) is 4.79 Å². The number of ether oxygens (including phenoxy) is 1. The Balaban J connectivity index is 1.48. The summed E-state index contributed by atoms with van der Waals surface area (Å²) in [6.07, 6.45) is 1.12. The van der Waals surface area contributed by atoms with Gasteiger partial charge in [-0.3, -0.25) is 19.9 Å². The van der Waals surface area contributed by atoms with Gasteiger partial charge in [-0.15, -0.1) is 0 Å². The Bertz CT molecular complexity index is 1460. The van der Waals surface area contributed by atoms with Crippen LogP contribution in [0.1, 0.15) is 43.0 Å². The van der Waals surface area contributed by atoms with Crippen LogP contribution >= 0.6 is 0 Å². The van der Waals surface area contributed by atoms with Crippen molar-refractivity contribution in [2.75, 3.05) is 45.7 Å². The molecular weight excluding hydrogens is 540 g/mol. The maximum atomic E-state index is 16.1. The molecule has 0 saturated carbocycles. The number of pyridine rings is 1. The molecule has 3 aromatic rings. The van der Waals surface area contributed by atoms with Crippen molar-refractivity contribution in [3.8, 4) is 17.6 Å². The van der Waals surface area contributed by atoms with Crippen LogP contribution in [-0.4, -0.2) is 61.8 Å². The van der Waals surface area contributed by atoms with Crippen molar-refractivity contribution < 1.29 is 32.3 Å². The molecule has 0 bridgehead atoms. The number of hydrogen-bond donors (Lipinski definition) is 2. The van der Waals surface area contributed by atoms with E-state index in [1.54, 1.807) is 34.8 Å². The number of aromatic nitrogens is 1. The first-order valence-corrected chi connectivity index (χ1v) is 13.2. The van der Waals surface area contributed by atoms with Crippen LogP contribution in [0.25, 0.3) is 10.9 Å². The summed E-state index contributed by atoms with van der Waals surface area (Å²) in [4.78, 5) is 21.0. The maximum absolute atomic E-state index is 16.1. The summed E-state index contributed by atoms with van der Waals surface area (Å²) in [5.41, 5.74) is 2.48. The Morgan fingerprint density at radius 2 is 1.88 bits per heavy atom. The van der Waals surface area contributed by atoms with Crippen LogP contribution in [0, 0.1) is 34.7 Å². The van der Waals surface area contributed by atoms with E-state index in [9.17, 15) is 23.2 Å². The predicted octanol–water partition coefficient (Wildman–Crippen LogP) is 5.16. The van der Waals surface area contributed by atoms with E-state index in [1.807, 2.05) is 19.0 Å². The number of nitrogens with zero attached hydrogens (tertiary/aromatic N) is 3. The molecule has 0 aliphatic carbocycles. The van der Waals surface area contributed by atoms with E-state index in [1.165, 1.54) is 7.11 Å². The Kier molecular flexibility index (Phi) is 9.35. The summed E-state index contributed by atoms with van der Waals surface area (Å²) < 4.78 is 61.5. The van der Waals surface area contributed by atoms with Crippen molar-refractivity contribution in [3.63, 3.8) is 0 Å². The topological polar surface area (TPSA) is 77.9 Å². The van der Waals surface area contributed by atoms with Gasteiger partial charge < -0.3 is 9.64 Å². The minimum Gasteiger partial charge on any atom is -0.497 e. The highest BCUT2D eigenvalue weighted by Crippen LogP contribution is 2.43. The van der Waals surface area contributed by atoms with Crippen LogP contribution in [0.3, 0.4) is 0 Å². The SMILES string of the molecule is COc1ccc2ncc(N(C)C)c([C@H](F)CCC3(C(=O)NO)CCN(CC#Cc4cc(F)c(F)c(F)c4)CC3)c2c1. The fraction of sp³-hybridized carbons (Fsp3) is 0.400. The number of alkyl halides is 1. The van der Waals surface area contributed by atoms with E-state index in [4.69, 9.17) is 4.74 Å². The average Bonchev–Trinajstić information content (AvgIpc) is 2.97. The van der Waals surface area contributed by atoms with Gasteiger partial charge in [0.25, 0.3) is 0 Å². The minimum absolute atomic E-state index is 0.0137. The molecule has 0 unspecified atom stereocenters. The summed E-state index contributed by atoms with van der Waals surface area (Å²) in [7, 11) is 5.15. The first-order valence-electron chi connectivity index (χ1n) is 13.2. The fourth-order valence-electron chi connectivity index (χ4n) is 5.27.